The average Bonchev–Trinajstić information content (AvgIpc) is 2.90. The number of ether oxygens (including phenoxy) is 1. The van der Waals surface area contributed by atoms with E-state index in [-0.39, 0.29) is 17.0 Å². The largest absolute Gasteiger partial charge is 0.393 e. The van der Waals surface area contributed by atoms with Crippen LogP contribution in [0.4, 0.5) is 23.4 Å². The number of fused-ring (bicyclic) bond motifs is 1. The van der Waals surface area contributed by atoms with Gasteiger partial charge < -0.3 is 15.6 Å². The standard InChI is InChI=1S/C10H9F4N5O2/c11-9(12)4(1-20)21-8(10(9,13)14)19-3-18-5-6(15)16-2-17-7(5)19/h2-4,8,20H,1H2,(H2,15,16,17)/t4-,8-/m1/s1. The number of nitrogens with zero attached hydrogens (tertiary/aromatic N) is 4. The van der Waals surface area contributed by atoms with E-state index in [1.807, 2.05) is 0 Å². The molecule has 0 bridgehead atoms. The lowest BCUT2D eigenvalue weighted by atomic mass is 10.1. The highest BCUT2D eigenvalue weighted by molar-refractivity contribution is 5.81. The summed E-state index contributed by atoms with van der Waals surface area (Å²) in [6.07, 6.45) is -2.83. The number of aliphatic hydroxyl groups is 1. The molecule has 0 aromatic carbocycles. The van der Waals surface area contributed by atoms with E-state index in [9.17, 15) is 17.6 Å². The predicted molar refractivity (Wildman–Crippen MR) is 60.6 cm³/mol. The third-order valence-electron chi connectivity index (χ3n) is 3.26. The number of aliphatic hydroxyl groups excluding tert-OH is 1. The summed E-state index contributed by atoms with van der Waals surface area (Å²) in [5.74, 6) is -9.15. The molecular weight excluding hydrogens is 298 g/mol. The lowest BCUT2D eigenvalue weighted by Crippen LogP contribution is -2.46. The first-order valence-corrected chi connectivity index (χ1v) is 5.75. The van der Waals surface area contributed by atoms with Gasteiger partial charge in [0.05, 0.1) is 12.9 Å². The van der Waals surface area contributed by atoms with E-state index in [1.54, 1.807) is 0 Å². The van der Waals surface area contributed by atoms with Crippen molar-refractivity contribution < 1.29 is 27.4 Å². The molecule has 7 nitrogen and oxygen atoms in total. The van der Waals surface area contributed by atoms with Gasteiger partial charge in [-0.3, -0.25) is 4.57 Å². The summed E-state index contributed by atoms with van der Waals surface area (Å²) < 4.78 is 60.2. The molecule has 2 aromatic heterocycles. The molecule has 1 saturated heterocycles. The van der Waals surface area contributed by atoms with Crippen LogP contribution in [-0.4, -0.2) is 49.2 Å². The molecule has 3 heterocycles. The van der Waals surface area contributed by atoms with E-state index in [2.05, 4.69) is 19.7 Å². The maximum Gasteiger partial charge on any atom is 0.356 e. The van der Waals surface area contributed by atoms with E-state index < -0.39 is 30.8 Å². The number of halogens is 4. The summed E-state index contributed by atoms with van der Waals surface area (Å²) in [7, 11) is 0. The van der Waals surface area contributed by atoms with Gasteiger partial charge in [0.2, 0.25) is 6.23 Å². The zero-order valence-corrected chi connectivity index (χ0v) is 10.3. The van der Waals surface area contributed by atoms with Crippen LogP contribution in [0.3, 0.4) is 0 Å². The Balaban J connectivity index is 2.13. The van der Waals surface area contributed by atoms with E-state index in [0.717, 1.165) is 12.7 Å². The van der Waals surface area contributed by atoms with Crippen LogP contribution in [0.1, 0.15) is 6.23 Å². The Kier molecular flexibility index (Phi) is 2.82. The smallest absolute Gasteiger partial charge is 0.356 e. The number of rotatable bonds is 2. The van der Waals surface area contributed by atoms with Crippen LogP contribution >= 0.6 is 0 Å². The highest BCUT2D eigenvalue weighted by atomic mass is 19.3. The lowest BCUT2D eigenvalue weighted by molar-refractivity contribution is -0.209. The zero-order valence-electron chi connectivity index (χ0n) is 10.3. The molecule has 114 valence electrons. The normalized spacial score (nSPS) is 27.3. The van der Waals surface area contributed by atoms with Crippen molar-refractivity contribution in [3.63, 3.8) is 0 Å². The molecule has 1 fully saturated rings. The Labute approximate surface area is 114 Å². The number of hydrogen-bond donors (Lipinski definition) is 2. The van der Waals surface area contributed by atoms with Crippen molar-refractivity contribution in [2.75, 3.05) is 12.3 Å². The SMILES string of the molecule is Nc1ncnc2c1ncn2[C@@H]1O[C@H](CO)C(F)(F)C1(F)F. The van der Waals surface area contributed by atoms with Crippen molar-refractivity contribution in [2.45, 2.75) is 24.2 Å². The molecule has 0 radical (unpaired) electrons. The van der Waals surface area contributed by atoms with Gasteiger partial charge in [0.25, 0.3) is 0 Å². The van der Waals surface area contributed by atoms with Crippen LogP contribution in [0, 0.1) is 0 Å². The molecule has 3 rings (SSSR count). The molecule has 0 spiro atoms. The molecule has 0 aliphatic carbocycles. The van der Waals surface area contributed by atoms with Crippen LogP contribution < -0.4 is 5.73 Å². The molecular formula is C10H9F4N5O2. The van der Waals surface area contributed by atoms with Gasteiger partial charge in [-0.15, -0.1) is 0 Å². The topological polar surface area (TPSA) is 99.1 Å². The van der Waals surface area contributed by atoms with E-state index in [1.165, 1.54) is 0 Å². The van der Waals surface area contributed by atoms with Crippen LogP contribution in [0.15, 0.2) is 12.7 Å². The van der Waals surface area contributed by atoms with Crippen LogP contribution in [-0.2, 0) is 4.74 Å². The summed E-state index contributed by atoms with van der Waals surface area (Å²) in [6, 6.07) is 0. The average molecular weight is 307 g/mol. The monoisotopic (exact) mass is 307 g/mol. The first-order chi connectivity index (χ1) is 9.80. The summed E-state index contributed by atoms with van der Waals surface area (Å²) >= 11 is 0. The summed E-state index contributed by atoms with van der Waals surface area (Å²) in [5.41, 5.74) is 5.33. The van der Waals surface area contributed by atoms with Crippen LogP contribution in [0.5, 0.6) is 0 Å². The first kappa shape index (κ1) is 13.9. The Bertz CT molecular complexity index is 691. The number of aromatic nitrogens is 4. The van der Waals surface area contributed by atoms with Gasteiger partial charge >= 0.3 is 11.8 Å². The van der Waals surface area contributed by atoms with E-state index >= 15 is 0 Å². The minimum Gasteiger partial charge on any atom is -0.393 e. The Morgan fingerprint density at radius 2 is 1.95 bits per heavy atom. The van der Waals surface area contributed by atoms with Crippen molar-refractivity contribution in [3.8, 4) is 0 Å². The number of imidazole rings is 1. The van der Waals surface area contributed by atoms with Crippen molar-refractivity contribution in [3.05, 3.63) is 12.7 Å². The maximum absolute atomic E-state index is 13.9. The fraction of sp³-hybridized carbons (Fsp3) is 0.500. The minimum atomic E-state index is -4.55. The molecule has 11 heteroatoms. The highest BCUT2D eigenvalue weighted by Crippen LogP contribution is 2.53. The van der Waals surface area contributed by atoms with Gasteiger partial charge in [-0.05, 0) is 0 Å². The number of nitrogens with two attached hydrogens (primary N) is 1. The van der Waals surface area contributed by atoms with Gasteiger partial charge in [0.15, 0.2) is 17.6 Å². The summed E-state index contributed by atoms with van der Waals surface area (Å²) in [5, 5.41) is 8.80. The lowest BCUT2D eigenvalue weighted by Gasteiger charge is -2.23. The molecule has 2 atom stereocenters. The second-order valence-electron chi connectivity index (χ2n) is 4.49. The van der Waals surface area contributed by atoms with E-state index in [4.69, 9.17) is 10.8 Å². The Morgan fingerprint density at radius 1 is 1.24 bits per heavy atom. The van der Waals surface area contributed by atoms with Gasteiger partial charge in [-0.1, -0.05) is 0 Å². The fourth-order valence-corrected chi connectivity index (χ4v) is 2.15. The van der Waals surface area contributed by atoms with Crippen LogP contribution in [0.2, 0.25) is 0 Å². The van der Waals surface area contributed by atoms with Crippen molar-refractivity contribution in [1.82, 2.24) is 19.5 Å². The van der Waals surface area contributed by atoms with Crippen molar-refractivity contribution in [2.24, 2.45) is 0 Å². The molecule has 0 saturated carbocycles. The first-order valence-electron chi connectivity index (χ1n) is 5.75. The molecule has 3 N–H and O–H groups in total. The molecule has 0 amide bonds. The second kappa shape index (κ2) is 4.24. The molecule has 1 aliphatic heterocycles. The third-order valence-corrected chi connectivity index (χ3v) is 3.26. The number of nitrogen functional groups attached to an aromatic ring is 1. The molecule has 2 aromatic rings. The quantitative estimate of drug-likeness (QED) is 0.787. The maximum atomic E-state index is 13.9. The van der Waals surface area contributed by atoms with Crippen LogP contribution in [0.25, 0.3) is 11.2 Å². The van der Waals surface area contributed by atoms with E-state index in [0.29, 0.717) is 4.57 Å². The van der Waals surface area contributed by atoms with Gasteiger partial charge in [-0.2, -0.15) is 17.6 Å². The third kappa shape index (κ3) is 1.70. The highest BCUT2D eigenvalue weighted by Gasteiger charge is 2.73. The number of hydrogen-bond acceptors (Lipinski definition) is 6. The molecule has 21 heavy (non-hydrogen) atoms. The summed E-state index contributed by atoms with van der Waals surface area (Å²) in [4.78, 5) is 11.0. The molecule has 0 unspecified atom stereocenters. The Hall–Kier alpha value is -2.01. The zero-order chi connectivity index (χ0) is 15.4. The second-order valence-corrected chi connectivity index (χ2v) is 4.49. The summed E-state index contributed by atoms with van der Waals surface area (Å²) in [6.45, 7) is -1.25. The Morgan fingerprint density at radius 3 is 2.57 bits per heavy atom. The van der Waals surface area contributed by atoms with Crippen molar-refractivity contribution >= 4 is 17.0 Å². The fourth-order valence-electron chi connectivity index (χ4n) is 2.15. The van der Waals surface area contributed by atoms with Gasteiger partial charge in [0, 0.05) is 0 Å². The van der Waals surface area contributed by atoms with Gasteiger partial charge in [0.1, 0.15) is 11.8 Å². The number of alkyl halides is 4. The van der Waals surface area contributed by atoms with Gasteiger partial charge in [-0.25, -0.2) is 15.0 Å². The predicted octanol–water partition coefficient (Wildman–Crippen LogP) is 0.569. The van der Waals surface area contributed by atoms with Crippen molar-refractivity contribution in [1.29, 1.82) is 0 Å². The minimum absolute atomic E-state index is 0.00679. The number of anilines is 1. The molecule has 1 aliphatic rings.